The molecule has 1 unspecified atom stereocenters. The summed E-state index contributed by atoms with van der Waals surface area (Å²) in [5.41, 5.74) is 0.361. The highest BCUT2D eigenvalue weighted by atomic mass is 35.5. The van der Waals surface area contributed by atoms with Crippen LogP contribution >= 0.6 is 11.6 Å². The van der Waals surface area contributed by atoms with E-state index in [1.54, 1.807) is 0 Å². The molecule has 0 aliphatic carbocycles. The second kappa shape index (κ2) is 3.56. The molecule has 1 N–H and O–H groups in total. The van der Waals surface area contributed by atoms with Gasteiger partial charge in [-0.25, -0.2) is 4.39 Å². The maximum absolute atomic E-state index is 13.0. The fourth-order valence-corrected chi connectivity index (χ4v) is 1.80. The summed E-state index contributed by atoms with van der Waals surface area (Å²) in [5, 5.41) is 3.45. The van der Waals surface area contributed by atoms with Crippen molar-refractivity contribution in [3.63, 3.8) is 0 Å². The molecule has 0 aromatic heterocycles. The van der Waals surface area contributed by atoms with Gasteiger partial charge in [-0.2, -0.15) is 0 Å². The molecule has 0 fully saturated rings. The SMILES string of the molecule is CCC1(C)CNc2cc(F)cc(Cl)c2O1. The molecule has 1 aliphatic rings. The van der Waals surface area contributed by atoms with E-state index in [0.29, 0.717) is 23.0 Å². The molecular formula is C11H13ClFNO. The summed E-state index contributed by atoms with van der Waals surface area (Å²) in [6.45, 7) is 4.71. The molecule has 0 bridgehead atoms. The molecule has 4 heteroatoms. The van der Waals surface area contributed by atoms with Gasteiger partial charge in [-0.15, -0.1) is 0 Å². The van der Waals surface area contributed by atoms with Crippen LogP contribution in [0.25, 0.3) is 0 Å². The van der Waals surface area contributed by atoms with Crippen molar-refractivity contribution in [1.29, 1.82) is 0 Å². The minimum atomic E-state index is -0.352. The number of anilines is 1. The quantitative estimate of drug-likeness (QED) is 0.797. The number of rotatable bonds is 1. The molecule has 82 valence electrons. The van der Waals surface area contributed by atoms with Gasteiger partial charge in [0.15, 0.2) is 5.75 Å². The van der Waals surface area contributed by atoms with Crippen LogP contribution in [0.3, 0.4) is 0 Å². The van der Waals surface area contributed by atoms with Gasteiger partial charge < -0.3 is 10.1 Å². The van der Waals surface area contributed by atoms with E-state index in [-0.39, 0.29) is 11.4 Å². The topological polar surface area (TPSA) is 21.3 Å². The van der Waals surface area contributed by atoms with E-state index >= 15 is 0 Å². The fourth-order valence-electron chi connectivity index (χ4n) is 1.56. The maximum atomic E-state index is 13.0. The van der Waals surface area contributed by atoms with Crippen molar-refractivity contribution in [2.24, 2.45) is 0 Å². The van der Waals surface area contributed by atoms with E-state index in [9.17, 15) is 4.39 Å². The van der Waals surface area contributed by atoms with Gasteiger partial charge in [0.25, 0.3) is 0 Å². The zero-order chi connectivity index (χ0) is 11.1. The number of ether oxygens (including phenoxy) is 1. The Kier molecular flexibility index (Phi) is 2.51. The van der Waals surface area contributed by atoms with Crippen molar-refractivity contribution in [3.8, 4) is 5.75 Å². The Hall–Kier alpha value is -0.960. The fraction of sp³-hybridized carbons (Fsp3) is 0.455. The molecule has 1 aromatic rings. The molecule has 1 aliphatic heterocycles. The van der Waals surface area contributed by atoms with Crippen LogP contribution in [-0.4, -0.2) is 12.1 Å². The summed E-state index contributed by atoms with van der Waals surface area (Å²) in [6.07, 6.45) is 0.868. The van der Waals surface area contributed by atoms with Crippen LogP contribution in [0.15, 0.2) is 12.1 Å². The molecule has 1 atom stereocenters. The predicted molar refractivity (Wildman–Crippen MR) is 59.2 cm³/mol. The Labute approximate surface area is 93.4 Å². The van der Waals surface area contributed by atoms with Crippen LogP contribution in [0.5, 0.6) is 5.75 Å². The van der Waals surface area contributed by atoms with Gasteiger partial charge >= 0.3 is 0 Å². The van der Waals surface area contributed by atoms with E-state index in [1.807, 2.05) is 13.8 Å². The summed E-state index contributed by atoms with van der Waals surface area (Å²) >= 11 is 5.93. The summed E-state index contributed by atoms with van der Waals surface area (Å²) < 4.78 is 18.8. The highest BCUT2D eigenvalue weighted by Crippen LogP contribution is 2.40. The summed E-state index contributed by atoms with van der Waals surface area (Å²) in [6, 6.07) is 2.67. The molecule has 0 radical (unpaired) electrons. The van der Waals surface area contributed by atoms with Crippen LogP contribution in [0.2, 0.25) is 5.02 Å². The average molecular weight is 230 g/mol. The van der Waals surface area contributed by atoms with Gasteiger partial charge in [0.05, 0.1) is 17.3 Å². The third-order valence-corrected chi connectivity index (χ3v) is 3.04. The molecule has 15 heavy (non-hydrogen) atoms. The second-order valence-electron chi connectivity index (χ2n) is 4.02. The Morgan fingerprint density at radius 1 is 1.60 bits per heavy atom. The van der Waals surface area contributed by atoms with Crippen molar-refractivity contribution < 1.29 is 9.13 Å². The number of hydrogen-bond acceptors (Lipinski definition) is 2. The molecule has 0 saturated heterocycles. The smallest absolute Gasteiger partial charge is 0.162 e. The first-order chi connectivity index (χ1) is 7.04. The monoisotopic (exact) mass is 229 g/mol. The van der Waals surface area contributed by atoms with Crippen LogP contribution < -0.4 is 10.1 Å². The van der Waals surface area contributed by atoms with Crippen LogP contribution in [-0.2, 0) is 0 Å². The summed E-state index contributed by atoms with van der Waals surface area (Å²) in [5.74, 6) is 0.198. The number of benzene rings is 1. The van der Waals surface area contributed by atoms with Crippen molar-refractivity contribution in [2.75, 3.05) is 11.9 Å². The molecule has 0 saturated carbocycles. The normalized spacial score (nSPS) is 24.0. The van der Waals surface area contributed by atoms with E-state index < -0.39 is 0 Å². The third-order valence-electron chi connectivity index (χ3n) is 2.76. The second-order valence-corrected chi connectivity index (χ2v) is 4.43. The Morgan fingerprint density at radius 3 is 3.00 bits per heavy atom. The van der Waals surface area contributed by atoms with Crippen molar-refractivity contribution in [2.45, 2.75) is 25.9 Å². The van der Waals surface area contributed by atoms with E-state index in [1.165, 1.54) is 12.1 Å². The molecular weight excluding hydrogens is 217 g/mol. The molecule has 0 spiro atoms. The first kappa shape index (κ1) is 10.6. The lowest BCUT2D eigenvalue weighted by molar-refractivity contribution is 0.0911. The molecule has 1 aromatic carbocycles. The van der Waals surface area contributed by atoms with Crippen LogP contribution in [0, 0.1) is 5.82 Å². The molecule has 0 amide bonds. The minimum absolute atomic E-state index is 0.269. The lowest BCUT2D eigenvalue weighted by atomic mass is 10.0. The first-order valence-corrected chi connectivity index (χ1v) is 5.34. The van der Waals surface area contributed by atoms with Crippen molar-refractivity contribution in [1.82, 2.24) is 0 Å². The average Bonchev–Trinajstić information content (AvgIpc) is 2.20. The highest BCUT2D eigenvalue weighted by Gasteiger charge is 2.31. The predicted octanol–water partition coefficient (Wildman–Crippen LogP) is 3.45. The highest BCUT2D eigenvalue weighted by molar-refractivity contribution is 6.32. The zero-order valence-corrected chi connectivity index (χ0v) is 9.49. The minimum Gasteiger partial charge on any atom is -0.482 e. The number of fused-ring (bicyclic) bond motifs is 1. The standard InChI is InChI=1S/C11H13ClFNO/c1-3-11(2)6-14-9-5-7(13)4-8(12)10(9)15-11/h4-5,14H,3,6H2,1-2H3. The van der Waals surface area contributed by atoms with E-state index in [2.05, 4.69) is 5.32 Å². The lowest BCUT2D eigenvalue weighted by Gasteiger charge is -2.36. The number of nitrogens with one attached hydrogen (secondary N) is 1. The van der Waals surface area contributed by atoms with Gasteiger partial charge in [-0.3, -0.25) is 0 Å². The largest absolute Gasteiger partial charge is 0.482 e. The molecule has 2 nitrogen and oxygen atoms in total. The molecule has 1 heterocycles. The van der Waals surface area contributed by atoms with Gasteiger partial charge in [0.2, 0.25) is 0 Å². The van der Waals surface area contributed by atoms with Crippen molar-refractivity contribution >= 4 is 17.3 Å². The Morgan fingerprint density at radius 2 is 2.33 bits per heavy atom. The lowest BCUT2D eigenvalue weighted by Crippen LogP contribution is -2.42. The van der Waals surface area contributed by atoms with E-state index in [0.717, 1.165) is 6.42 Å². The van der Waals surface area contributed by atoms with E-state index in [4.69, 9.17) is 16.3 Å². The number of hydrogen-bond donors (Lipinski definition) is 1. The zero-order valence-electron chi connectivity index (χ0n) is 8.73. The maximum Gasteiger partial charge on any atom is 0.162 e. The Balaban J connectivity index is 2.42. The summed E-state index contributed by atoms with van der Waals surface area (Å²) in [7, 11) is 0. The van der Waals surface area contributed by atoms with Gasteiger partial charge in [0.1, 0.15) is 11.4 Å². The van der Waals surface area contributed by atoms with Crippen molar-refractivity contribution in [3.05, 3.63) is 23.0 Å². The van der Waals surface area contributed by atoms with Gasteiger partial charge in [-0.1, -0.05) is 18.5 Å². The third kappa shape index (κ3) is 1.88. The molecule has 2 rings (SSSR count). The van der Waals surface area contributed by atoms with Gasteiger partial charge in [-0.05, 0) is 19.4 Å². The number of halogens is 2. The Bertz CT molecular complexity index is 396. The van der Waals surface area contributed by atoms with Crippen LogP contribution in [0.1, 0.15) is 20.3 Å². The van der Waals surface area contributed by atoms with Crippen LogP contribution in [0.4, 0.5) is 10.1 Å². The summed E-state index contributed by atoms with van der Waals surface area (Å²) in [4.78, 5) is 0. The first-order valence-electron chi connectivity index (χ1n) is 4.96. The van der Waals surface area contributed by atoms with Gasteiger partial charge in [0, 0.05) is 6.07 Å².